The van der Waals surface area contributed by atoms with Gasteiger partial charge in [0.05, 0.1) is 27.7 Å². The first-order valence-electron chi connectivity index (χ1n) is 29.9. The van der Waals surface area contributed by atoms with Crippen molar-refractivity contribution in [3.63, 3.8) is 0 Å². The Morgan fingerprint density at radius 1 is 0.435 bits per heavy atom. The van der Waals surface area contributed by atoms with Gasteiger partial charge in [-0.25, -0.2) is 4.57 Å². The average molecular weight is 1000 g/mol. The Bertz CT molecular complexity index is 1180. The van der Waals surface area contributed by atoms with E-state index in [1.54, 1.807) is 0 Å². The van der Waals surface area contributed by atoms with Crippen LogP contribution in [0.5, 0.6) is 0 Å². The summed E-state index contributed by atoms with van der Waals surface area (Å²) in [4.78, 5) is 35.5. The molecular weight excluding hydrogens is 882 g/mol. The molecule has 1 N–H and O–H groups in total. The van der Waals surface area contributed by atoms with Gasteiger partial charge in [-0.2, -0.15) is 0 Å². The summed E-state index contributed by atoms with van der Waals surface area (Å²) in [6.45, 7) is 4.40. The fourth-order valence-electron chi connectivity index (χ4n) is 8.90. The number of rotatable bonds is 56. The second-order valence-electron chi connectivity index (χ2n) is 21.7. The molecule has 0 spiro atoms. The zero-order valence-electron chi connectivity index (χ0n) is 46.6. The van der Waals surface area contributed by atoms with Gasteiger partial charge in [-0.15, -0.1) is 0 Å². The molecule has 0 aliphatic carbocycles. The number of hydrogen-bond acceptors (Lipinski definition) is 7. The molecule has 9 nitrogen and oxygen atoms in total. The van der Waals surface area contributed by atoms with Crippen LogP contribution in [0.4, 0.5) is 0 Å². The lowest BCUT2D eigenvalue weighted by molar-refractivity contribution is -0.870. The van der Waals surface area contributed by atoms with Crippen LogP contribution in [0.15, 0.2) is 12.2 Å². The van der Waals surface area contributed by atoms with Crippen molar-refractivity contribution in [2.24, 2.45) is 0 Å². The van der Waals surface area contributed by atoms with Gasteiger partial charge in [-0.05, 0) is 32.1 Å². The molecule has 0 heterocycles. The summed E-state index contributed by atoms with van der Waals surface area (Å²) in [7, 11) is 1.49. The highest BCUT2D eigenvalue weighted by Gasteiger charge is 2.27. The van der Waals surface area contributed by atoms with E-state index in [0.29, 0.717) is 23.9 Å². The highest BCUT2D eigenvalue weighted by Crippen LogP contribution is 2.43. The van der Waals surface area contributed by atoms with Gasteiger partial charge in [0.2, 0.25) is 0 Å². The third-order valence-electron chi connectivity index (χ3n) is 13.5. The molecule has 410 valence electrons. The molecule has 0 saturated heterocycles. The van der Waals surface area contributed by atoms with Gasteiger partial charge in [-0.3, -0.25) is 18.6 Å². The van der Waals surface area contributed by atoms with Crippen molar-refractivity contribution in [3.05, 3.63) is 12.2 Å². The minimum absolute atomic E-state index is 0.0332. The minimum atomic E-state index is -4.37. The summed E-state index contributed by atoms with van der Waals surface area (Å²) in [5.74, 6) is -0.796. The van der Waals surface area contributed by atoms with Crippen molar-refractivity contribution in [2.75, 3.05) is 47.5 Å². The Morgan fingerprint density at radius 3 is 1.13 bits per heavy atom. The van der Waals surface area contributed by atoms with E-state index in [-0.39, 0.29) is 25.6 Å². The Kier molecular flexibility index (Phi) is 50.7. The third-order valence-corrected chi connectivity index (χ3v) is 14.5. The largest absolute Gasteiger partial charge is 0.472 e. The molecule has 0 amide bonds. The van der Waals surface area contributed by atoms with E-state index in [9.17, 15) is 19.0 Å². The molecule has 69 heavy (non-hydrogen) atoms. The van der Waals surface area contributed by atoms with Crippen LogP contribution < -0.4 is 0 Å². The molecule has 0 radical (unpaired) electrons. The van der Waals surface area contributed by atoms with Crippen LogP contribution in [0, 0.1) is 0 Å². The molecule has 0 aromatic rings. The maximum atomic E-state index is 12.7. The summed E-state index contributed by atoms with van der Waals surface area (Å²) >= 11 is 0. The van der Waals surface area contributed by atoms with Crippen LogP contribution in [0.1, 0.15) is 303 Å². The number of phosphoric ester groups is 1. The number of phosphoric acid groups is 1. The number of quaternary nitrogens is 1. The number of hydrogen-bond donors (Lipinski definition) is 1. The molecule has 0 aromatic carbocycles. The summed E-state index contributed by atoms with van der Waals surface area (Å²) < 4.78 is 34.4. The predicted octanol–water partition coefficient (Wildman–Crippen LogP) is 18.4. The first-order valence-corrected chi connectivity index (χ1v) is 31.4. The number of likely N-dealkylation sites (N-methyl/N-ethyl adjacent to an activating group) is 1. The molecule has 0 aliphatic rings. The Balaban J connectivity index is 3.82. The van der Waals surface area contributed by atoms with Crippen LogP contribution in [0.25, 0.3) is 0 Å². The Labute approximate surface area is 428 Å². The number of unbranched alkanes of at least 4 members (excludes halogenated alkanes) is 40. The molecular formula is C59H117NO8P+. The summed E-state index contributed by atoms with van der Waals surface area (Å²) in [6.07, 6.45) is 60.5. The van der Waals surface area contributed by atoms with Crippen molar-refractivity contribution in [1.29, 1.82) is 0 Å². The second kappa shape index (κ2) is 51.6. The number of carbonyl (C=O) groups is 2. The van der Waals surface area contributed by atoms with Gasteiger partial charge < -0.3 is 18.9 Å². The quantitative estimate of drug-likeness (QED) is 0.0211. The fourth-order valence-corrected chi connectivity index (χ4v) is 9.65. The molecule has 10 heteroatoms. The highest BCUT2D eigenvalue weighted by atomic mass is 31.2. The van der Waals surface area contributed by atoms with E-state index in [0.717, 1.165) is 57.8 Å². The zero-order valence-corrected chi connectivity index (χ0v) is 47.5. The van der Waals surface area contributed by atoms with Crippen LogP contribution in [0.2, 0.25) is 0 Å². The van der Waals surface area contributed by atoms with E-state index < -0.39 is 26.5 Å². The topological polar surface area (TPSA) is 108 Å². The smallest absolute Gasteiger partial charge is 0.462 e. The first-order chi connectivity index (χ1) is 33.5. The summed E-state index contributed by atoms with van der Waals surface area (Å²) in [6, 6.07) is 0. The van der Waals surface area contributed by atoms with E-state index in [1.165, 1.54) is 212 Å². The summed E-state index contributed by atoms with van der Waals surface area (Å²) in [5.41, 5.74) is 0. The lowest BCUT2D eigenvalue weighted by Crippen LogP contribution is -2.37. The first kappa shape index (κ1) is 67.8. The van der Waals surface area contributed by atoms with Crippen molar-refractivity contribution in [3.8, 4) is 0 Å². The second-order valence-corrected chi connectivity index (χ2v) is 23.2. The number of carbonyl (C=O) groups excluding carboxylic acids is 2. The molecule has 0 aromatic heterocycles. The van der Waals surface area contributed by atoms with Crippen LogP contribution in [-0.2, 0) is 32.7 Å². The van der Waals surface area contributed by atoms with Crippen LogP contribution in [-0.4, -0.2) is 74.9 Å². The SMILES string of the molecule is CCC/C=C\CCCCCCCC(=O)OC(COC(=O)CCCCCCCCCCCCCCCCCCCCCCCCCCCCCCCCCCCCC)COP(=O)(O)OCC[N+](C)(C)C. The van der Waals surface area contributed by atoms with Crippen LogP contribution in [0.3, 0.4) is 0 Å². The van der Waals surface area contributed by atoms with Crippen LogP contribution >= 0.6 is 7.82 Å². The Hall–Kier alpha value is -1.25. The van der Waals surface area contributed by atoms with Gasteiger partial charge in [-0.1, -0.05) is 270 Å². The number of allylic oxidation sites excluding steroid dienone is 2. The number of ether oxygens (including phenoxy) is 2. The zero-order chi connectivity index (χ0) is 50.6. The van der Waals surface area contributed by atoms with Crippen molar-refractivity contribution >= 4 is 19.8 Å². The third kappa shape index (κ3) is 55.9. The van der Waals surface area contributed by atoms with E-state index in [2.05, 4.69) is 26.0 Å². The van der Waals surface area contributed by atoms with E-state index in [4.69, 9.17) is 18.5 Å². The van der Waals surface area contributed by atoms with Crippen molar-refractivity contribution in [2.45, 2.75) is 309 Å². The van der Waals surface area contributed by atoms with Crippen molar-refractivity contribution in [1.82, 2.24) is 0 Å². The standard InChI is InChI=1S/C59H116NO8P/c1-6-8-10-12-14-16-18-19-20-21-22-23-24-25-26-27-28-29-30-31-32-33-34-35-36-37-38-39-40-41-42-44-45-47-49-51-58(61)65-55-57(56-67-69(63,64)66-54-53-60(3,4)5)68-59(62)52-50-48-46-43-17-15-13-11-9-7-2/h11,13,57H,6-10,12,14-56H2,1-5H3/p+1/b13-11-. The molecule has 0 saturated carbocycles. The minimum Gasteiger partial charge on any atom is -0.462 e. The van der Waals surface area contributed by atoms with Crippen molar-refractivity contribution < 1.29 is 42.1 Å². The average Bonchev–Trinajstić information content (AvgIpc) is 3.31. The normalized spacial score (nSPS) is 13.3. The lowest BCUT2D eigenvalue weighted by atomic mass is 10.0. The predicted molar refractivity (Wildman–Crippen MR) is 294 cm³/mol. The highest BCUT2D eigenvalue weighted by molar-refractivity contribution is 7.47. The monoisotopic (exact) mass is 999 g/mol. The van der Waals surface area contributed by atoms with E-state index in [1.807, 2.05) is 21.1 Å². The van der Waals surface area contributed by atoms with Gasteiger partial charge in [0.15, 0.2) is 6.10 Å². The van der Waals surface area contributed by atoms with E-state index >= 15 is 0 Å². The maximum Gasteiger partial charge on any atom is 0.472 e. The Morgan fingerprint density at radius 2 is 0.768 bits per heavy atom. The number of nitrogens with zero attached hydrogens (tertiary/aromatic N) is 1. The number of esters is 2. The molecule has 0 fully saturated rings. The maximum absolute atomic E-state index is 12.7. The molecule has 0 bridgehead atoms. The molecule has 2 atom stereocenters. The van der Waals surface area contributed by atoms with Gasteiger partial charge in [0.1, 0.15) is 19.8 Å². The van der Waals surface area contributed by atoms with Gasteiger partial charge >= 0.3 is 19.8 Å². The molecule has 0 aliphatic heterocycles. The fraction of sp³-hybridized carbons (Fsp3) is 0.932. The van der Waals surface area contributed by atoms with Gasteiger partial charge in [0.25, 0.3) is 0 Å². The molecule has 0 rings (SSSR count). The summed E-state index contributed by atoms with van der Waals surface area (Å²) in [5, 5.41) is 0. The lowest BCUT2D eigenvalue weighted by Gasteiger charge is -2.24. The van der Waals surface area contributed by atoms with Gasteiger partial charge in [0, 0.05) is 12.8 Å². The molecule has 2 unspecified atom stereocenters.